The minimum absolute atomic E-state index is 0.214. The fraction of sp³-hybridized carbons (Fsp3) is 0.917. The van der Waals surface area contributed by atoms with E-state index in [-0.39, 0.29) is 6.04 Å². The lowest BCUT2D eigenvalue weighted by atomic mass is 9.92. The molecule has 0 amide bonds. The van der Waals surface area contributed by atoms with Crippen LogP contribution in [0.4, 0.5) is 0 Å². The van der Waals surface area contributed by atoms with Gasteiger partial charge in [0.25, 0.3) is 0 Å². The van der Waals surface area contributed by atoms with Gasteiger partial charge in [-0.1, -0.05) is 0 Å². The van der Waals surface area contributed by atoms with E-state index in [4.69, 9.17) is 5.11 Å². The molecule has 2 N–H and O–H groups in total. The molecule has 110 valence electrons. The molecular weight excluding hydrogens is 268 g/mol. The Balaban J connectivity index is 1.85. The van der Waals surface area contributed by atoms with Crippen molar-refractivity contribution in [1.29, 1.82) is 0 Å². The zero-order valence-corrected chi connectivity index (χ0v) is 12.0. The summed E-state index contributed by atoms with van der Waals surface area (Å²) in [5, 5.41) is 12.1. The molecule has 2 fully saturated rings. The summed E-state index contributed by atoms with van der Waals surface area (Å²) < 4.78 is 24.6. The van der Waals surface area contributed by atoms with Crippen molar-refractivity contribution in [3.63, 3.8) is 0 Å². The van der Waals surface area contributed by atoms with E-state index in [1.807, 2.05) is 0 Å². The molecule has 0 aromatic rings. The van der Waals surface area contributed by atoms with Gasteiger partial charge in [0.15, 0.2) is 0 Å². The fourth-order valence-corrected chi connectivity index (χ4v) is 4.06. The molecule has 2 aliphatic heterocycles. The van der Waals surface area contributed by atoms with Gasteiger partial charge < -0.3 is 10.4 Å². The summed E-state index contributed by atoms with van der Waals surface area (Å²) in [6.07, 6.45) is 5.59. The van der Waals surface area contributed by atoms with Crippen molar-refractivity contribution in [3.05, 3.63) is 0 Å². The molecule has 2 saturated heterocycles. The van der Waals surface area contributed by atoms with Crippen LogP contribution in [0, 0.1) is 5.92 Å². The molecule has 0 bridgehead atoms. The van der Waals surface area contributed by atoms with Gasteiger partial charge in [-0.05, 0) is 38.0 Å². The maximum Gasteiger partial charge on any atom is 0.320 e. The number of aliphatic carboxylic acids is 1. The molecule has 0 spiro atoms. The Morgan fingerprint density at radius 1 is 1.37 bits per heavy atom. The summed E-state index contributed by atoms with van der Waals surface area (Å²) in [6, 6.07) is -0.217. The van der Waals surface area contributed by atoms with E-state index in [0.29, 0.717) is 25.4 Å². The third-order valence-corrected chi connectivity index (χ3v) is 5.38. The summed E-state index contributed by atoms with van der Waals surface area (Å²) in [5.41, 5.74) is 0. The largest absolute Gasteiger partial charge is 0.480 e. The van der Waals surface area contributed by atoms with E-state index in [1.165, 1.54) is 6.26 Å². The maximum atomic E-state index is 11.5. The van der Waals surface area contributed by atoms with E-state index in [0.717, 1.165) is 25.7 Å². The SMILES string of the molecule is CS(=O)(=O)N1CCCC(CC2CCC(C(=O)O)N2)C1. The molecule has 6 nitrogen and oxygen atoms in total. The molecule has 0 aromatic carbocycles. The second kappa shape index (κ2) is 5.76. The van der Waals surface area contributed by atoms with Crippen LogP contribution in [-0.2, 0) is 14.8 Å². The summed E-state index contributed by atoms with van der Waals surface area (Å²) in [7, 11) is -3.10. The van der Waals surface area contributed by atoms with Gasteiger partial charge in [0.05, 0.1) is 6.26 Å². The number of sulfonamides is 1. The van der Waals surface area contributed by atoms with Crippen molar-refractivity contribution < 1.29 is 18.3 Å². The predicted octanol–water partition coefficient (Wildman–Crippen LogP) is 0.253. The second-order valence-corrected chi connectivity index (χ2v) is 7.68. The summed E-state index contributed by atoms with van der Waals surface area (Å²) in [4.78, 5) is 10.9. The van der Waals surface area contributed by atoms with Crippen LogP contribution in [0.2, 0.25) is 0 Å². The van der Waals surface area contributed by atoms with Gasteiger partial charge in [0, 0.05) is 19.1 Å². The lowest BCUT2D eigenvalue weighted by Crippen LogP contribution is -2.42. The van der Waals surface area contributed by atoms with Crippen LogP contribution < -0.4 is 5.32 Å². The zero-order chi connectivity index (χ0) is 14.0. The maximum absolute atomic E-state index is 11.5. The summed E-state index contributed by atoms with van der Waals surface area (Å²) in [6.45, 7) is 1.19. The standard InChI is InChI=1S/C12H22N2O4S/c1-19(17,18)14-6-2-3-9(8-14)7-10-4-5-11(13-10)12(15)16/h9-11,13H,2-8H2,1H3,(H,15,16). The minimum Gasteiger partial charge on any atom is -0.480 e. The molecule has 2 aliphatic rings. The summed E-state index contributed by atoms with van der Waals surface area (Å²) >= 11 is 0. The second-order valence-electron chi connectivity index (χ2n) is 5.70. The normalized spacial score (nSPS) is 33.4. The lowest BCUT2D eigenvalue weighted by molar-refractivity contribution is -0.139. The van der Waals surface area contributed by atoms with Gasteiger partial charge in [-0.2, -0.15) is 0 Å². The third kappa shape index (κ3) is 3.90. The Kier molecular flexibility index (Phi) is 4.47. The van der Waals surface area contributed by atoms with E-state index in [2.05, 4.69) is 5.32 Å². The first-order chi connectivity index (χ1) is 8.86. The number of piperidine rings is 1. The smallest absolute Gasteiger partial charge is 0.320 e. The molecule has 7 heteroatoms. The number of nitrogens with one attached hydrogen (secondary N) is 1. The molecule has 19 heavy (non-hydrogen) atoms. The number of carboxylic acid groups (broad SMARTS) is 1. The molecule has 3 atom stereocenters. The van der Waals surface area contributed by atoms with Crippen LogP contribution in [0.1, 0.15) is 32.1 Å². The number of carboxylic acids is 1. The van der Waals surface area contributed by atoms with Crippen molar-refractivity contribution in [3.8, 4) is 0 Å². The number of hydrogen-bond donors (Lipinski definition) is 2. The first-order valence-corrected chi connectivity index (χ1v) is 8.65. The first kappa shape index (κ1) is 14.7. The first-order valence-electron chi connectivity index (χ1n) is 6.80. The van der Waals surface area contributed by atoms with Gasteiger partial charge in [0.1, 0.15) is 6.04 Å². The Morgan fingerprint density at radius 2 is 2.11 bits per heavy atom. The number of rotatable bonds is 4. The molecule has 0 aliphatic carbocycles. The quantitative estimate of drug-likeness (QED) is 0.775. The highest BCUT2D eigenvalue weighted by atomic mass is 32.2. The minimum atomic E-state index is -3.10. The highest BCUT2D eigenvalue weighted by molar-refractivity contribution is 7.88. The highest BCUT2D eigenvalue weighted by Crippen LogP contribution is 2.26. The van der Waals surface area contributed by atoms with Crippen LogP contribution >= 0.6 is 0 Å². The van der Waals surface area contributed by atoms with E-state index in [1.54, 1.807) is 4.31 Å². The van der Waals surface area contributed by atoms with Crippen molar-refractivity contribution in [2.75, 3.05) is 19.3 Å². The van der Waals surface area contributed by atoms with Gasteiger partial charge in [-0.15, -0.1) is 0 Å². The average Bonchev–Trinajstić information content (AvgIpc) is 2.77. The van der Waals surface area contributed by atoms with Crippen LogP contribution in [0.15, 0.2) is 0 Å². The fourth-order valence-electron chi connectivity index (χ4n) is 3.12. The predicted molar refractivity (Wildman–Crippen MR) is 71.3 cm³/mol. The van der Waals surface area contributed by atoms with Gasteiger partial charge >= 0.3 is 5.97 Å². The molecule has 2 rings (SSSR count). The van der Waals surface area contributed by atoms with Crippen LogP contribution in [0.5, 0.6) is 0 Å². The van der Waals surface area contributed by atoms with Crippen molar-refractivity contribution >= 4 is 16.0 Å². The third-order valence-electron chi connectivity index (χ3n) is 4.11. The van der Waals surface area contributed by atoms with Crippen molar-refractivity contribution in [1.82, 2.24) is 9.62 Å². The Morgan fingerprint density at radius 3 is 2.68 bits per heavy atom. The number of nitrogens with zero attached hydrogens (tertiary/aromatic N) is 1. The van der Waals surface area contributed by atoms with E-state index in [9.17, 15) is 13.2 Å². The molecule has 0 saturated carbocycles. The van der Waals surface area contributed by atoms with Crippen molar-refractivity contribution in [2.24, 2.45) is 5.92 Å². The lowest BCUT2D eigenvalue weighted by Gasteiger charge is -2.32. The average molecular weight is 290 g/mol. The number of hydrogen-bond acceptors (Lipinski definition) is 4. The molecule has 3 unspecified atom stereocenters. The van der Waals surface area contributed by atoms with Gasteiger partial charge in [-0.3, -0.25) is 4.79 Å². The molecule has 0 radical (unpaired) electrons. The molecular formula is C12H22N2O4S. The molecule has 2 heterocycles. The Labute approximate surface area is 114 Å². The Hall–Kier alpha value is -0.660. The number of carbonyl (C=O) groups is 1. The summed E-state index contributed by atoms with van der Waals surface area (Å²) in [5.74, 6) is -0.447. The van der Waals surface area contributed by atoms with Crippen LogP contribution in [0.25, 0.3) is 0 Å². The zero-order valence-electron chi connectivity index (χ0n) is 11.2. The van der Waals surface area contributed by atoms with Crippen molar-refractivity contribution in [2.45, 2.75) is 44.2 Å². The highest BCUT2D eigenvalue weighted by Gasteiger charge is 2.32. The Bertz CT molecular complexity index is 437. The van der Waals surface area contributed by atoms with E-state index >= 15 is 0 Å². The van der Waals surface area contributed by atoms with Gasteiger partial charge in [-0.25, -0.2) is 12.7 Å². The topological polar surface area (TPSA) is 86.7 Å². The van der Waals surface area contributed by atoms with Crippen LogP contribution in [0.3, 0.4) is 0 Å². The van der Waals surface area contributed by atoms with Crippen LogP contribution in [-0.4, -0.2) is 55.2 Å². The van der Waals surface area contributed by atoms with E-state index < -0.39 is 22.0 Å². The molecule has 0 aromatic heterocycles. The monoisotopic (exact) mass is 290 g/mol. The van der Waals surface area contributed by atoms with Gasteiger partial charge in [0.2, 0.25) is 10.0 Å².